The monoisotopic (exact) mass is 640 g/mol. The predicted molar refractivity (Wildman–Crippen MR) is 197 cm³/mol. The van der Waals surface area contributed by atoms with Crippen LogP contribution in [0, 0.1) is 22.7 Å². The number of nitrogens with zero attached hydrogens (tertiary/aromatic N) is 6. The van der Waals surface area contributed by atoms with Gasteiger partial charge in [-0.3, -0.25) is 0 Å². The largest absolute Gasteiger partial charge is 0.308 e. The predicted octanol–water partition coefficient (Wildman–Crippen LogP) is 10.0. The number of fused-ring (bicyclic) bond motifs is 7. The van der Waals surface area contributed by atoms with Crippen molar-refractivity contribution in [2.75, 3.05) is 0 Å². The van der Waals surface area contributed by atoms with E-state index in [1.54, 1.807) is 0 Å². The number of para-hydroxylation sites is 1. The first-order valence-corrected chi connectivity index (χ1v) is 16.5. The summed E-state index contributed by atoms with van der Waals surface area (Å²) in [6, 6.07) is 49.3. The molecule has 0 bridgehead atoms. The van der Waals surface area contributed by atoms with Crippen LogP contribution in [0.2, 0.25) is 0 Å². The Morgan fingerprint density at radius 2 is 1.10 bits per heavy atom. The SMILES string of the molecule is CC1(C)c2ccccc2-c2ccc3c4ccccc4n(-c4ccc(-c5nc(-c6ccccc6)nc(-c6ccccc6)n5)c(C#N)c4C#N)c3c21. The van der Waals surface area contributed by atoms with Gasteiger partial charge < -0.3 is 4.57 Å². The second-order valence-corrected chi connectivity index (χ2v) is 13.1. The van der Waals surface area contributed by atoms with Crippen molar-refractivity contribution in [1.29, 1.82) is 10.5 Å². The Morgan fingerprint density at radius 3 is 1.78 bits per heavy atom. The van der Waals surface area contributed by atoms with Crippen molar-refractivity contribution in [3.63, 3.8) is 0 Å². The summed E-state index contributed by atoms with van der Waals surface area (Å²) in [5.74, 6) is 1.30. The highest BCUT2D eigenvalue weighted by atomic mass is 15.0. The van der Waals surface area contributed by atoms with Crippen LogP contribution in [0.1, 0.15) is 36.1 Å². The maximum absolute atomic E-state index is 10.9. The molecule has 234 valence electrons. The van der Waals surface area contributed by atoms with E-state index in [2.05, 4.69) is 79.1 Å². The third kappa shape index (κ3) is 4.23. The molecule has 0 atom stereocenters. The lowest BCUT2D eigenvalue weighted by molar-refractivity contribution is 0.664. The van der Waals surface area contributed by atoms with Crippen LogP contribution in [-0.4, -0.2) is 19.5 Å². The maximum atomic E-state index is 10.9. The van der Waals surface area contributed by atoms with Crippen LogP contribution in [0.4, 0.5) is 0 Å². The normalized spacial score (nSPS) is 12.7. The molecule has 0 unspecified atom stereocenters. The van der Waals surface area contributed by atoms with E-state index in [1.807, 2.05) is 84.9 Å². The fourth-order valence-electron chi connectivity index (χ4n) is 7.69. The van der Waals surface area contributed by atoms with Crippen LogP contribution in [0.3, 0.4) is 0 Å². The molecule has 6 aromatic carbocycles. The minimum absolute atomic E-state index is 0.218. The molecule has 2 aromatic heterocycles. The molecule has 2 heterocycles. The minimum Gasteiger partial charge on any atom is -0.308 e. The molecule has 0 amide bonds. The number of hydrogen-bond donors (Lipinski definition) is 0. The van der Waals surface area contributed by atoms with Crippen molar-refractivity contribution >= 4 is 21.8 Å². The van der Waals surface area contributed by atoms with E-state index in [1.165, 1.54) is 22.3 Å². The van der Waals surface area contributed by atoms with Crippen LogP contribution in [0.5, 0.6) is 0 Å². The molecule has 1 aliphatic carbocycles. The Hall–Kier alpha value is -6.89. The van der Waals surface area contributed by atoms with E-state index in [-0.39, 0.29) is 16.5 Å². The van der Waals surface area contributed by atoms with Crippen LogP contribution in [0.25, 0.3) is 72.8 Å². The van der Waals surface area contributed by atoms with Gasteiger partial charge in [-0.25, -0.2) is 15.0 Å². The van der Waals surface area contributed by atoms with Crippen molar-refractivity contribution in [2.24, 2.45) is 0 Å². The van der Waals surface area contributed by atoms with Gasteiger partial charge in [-0.2, -0.15) is 10.5 Å². The van der Waals surface area contributed by atoms with E-state index in [0.29, 0.717) is 28.7 Å². The summed E-state index contributed by atoms with van der Waals surface area (Å²) in [7, 11) is 0. The van der Waals surface area contributed by atoms with E-state index in [0.717, 1.165) is 32.9 Å². The number of hydrogen-bond acceptors (Lipinski definition) is 5. The fraction of sp³-hybridized carbons (Fsp3) is 0.0682. The van der Waals surface area contributed by atoms with Crippen LogP contribution < -0.4 is 0 Å². The Kier molecular flexibility index (Phi) is 6.49. The summed E-state index contributed by atoms with van der Waals surface area (Å²) >= 11 is 0. The topological polar surface area (TPSA) is 91.2 Å². The van der Waals surface area contributed by atoms with Gasteiger partial charge in [0.2, 0.25) is 0 Å². The van der Waals surface area contributed by atoms with Gasteiger partial charge in [0.15, 0.2) is 17.5 Å². The molecule has 0 fully saturated rings. The van der Waals surface area contributed by atoms with E-state index < -0.39 is 0 Å². The molecular formula is C44H28N6. The van der Waals surface area contributed by atoms with Crippen LogP contribution in [0.15, 0.2) is 133 Å². The third-order valence-corrected chi connectivity index (χ3v) is 9.94. The summed E-state index contributed by atoms with van der Waals surface area (Å²) in [6.45, 7) is 4.53. The van der Waals surface area contributed by atoms with Crippen LogP contribution >= 0.6 is 0 Å². The molecule has 0 aliphatic heterocycles. The van der Waals surface area contributed by atoms with E-state index in [4.69, 9.17) is 15.0 Å². The maximum Gasteiger partial charge on any atom is 0.165 e. The van der Waals surface area contributed by atoms with Crippen molar-refractivity contribution in [3.8, 4) is 63.1 Å². The summed E-state index contributed by atoms with van der Waals surface area (Å²) in [4.78, 5) is 14.6. The molecule has 0 spiro atoms. The molecule has 1 aliphatic rings. The highest BCUT2D eigenvalue weighted by Gasteiger charge is 2.38. The first-order valence-electron chi connectivity index (χ1n) is 16.5. The highest BCUT2D eigenvalue weighted by Crippen LogP contribution is 2.53. The fourth-order valence-corrected chi connectivity index (χ4v) is 7.69. The lowest BCUT2D eigenvalue weighted by atomic mass is 9.81. The zero-order valence-corrected chi connectivity index (χ0v) is 27.4. The average molecular weight is 641 g/mol. The summed E-state index contributed by atoms with van der Waals surface area (Å²) in [5.41, 5.74) is 9.84. The van der Waals surface area contributed by atoms with E-state index >= 15 is 0 Å². The van der Waals surface area contributed by atoms with Crippen molar-refractivity contribution in [1.82, 2.24) is 19.5 Å². The van der Waals surface area contributed by atoms with Gasteiger partial charge in [0.05, 0.1) is 27.8 Å². The highest BCUT2D eigenvalue weighted by molar-refractivity contribution is 6.13. The number of aromatic nitrogens is 4. The van der Waals surface area contributed by atoms with Gasteiger partial charge in [-0.1, -0.05) is 129 Å². The first-order chi connectivity index (χ1) is 24.5. The Morgan fingerprint density at radius 1 is 0.520 bits per heavy atom. The molecular weight excluding hydrogens is 613 g/mol. The molecule has 6 nitrogen and oxygen atoms in total. The summed E-state index contributed by atoms with van der Waals surface area (Å²) in [5, 5.41) is 23.9. The second kappa shape index (κ2) is 11.1. The molecule has 50 heavy (non-hydrogen) atoms. The third-order valence-electron chi connectivity index (χ3n) is 9.94. The summed E-state index contributed by atoms with van der Waals surface area (Å²) < 4.78 is 2.18. The average Bonchev–Trinajstić information content (AvgIpc) is 3.63. The zero-order chi connectivity index (χ0) is 34.0. The molecule has 8 aromatic rings. The molecule has 9 rings (SSSR count). The Labute approximate surface area is 289 Å². The van der Waals surface area contributed by atoms with E-state index in [9.17, 15) is 10.5 Å². The van der Waals surface area contributed by atoms with Gasteiger partial charge in [-0.05, 0) is 40.5 Å². The van der Waals surface area contributed by atoms with Gasteiger partial charge in [0.1, 0.15) is 12.1 Å². The zero-order valence-electron chi connectivity index (χ0n) is 27.4. The Balaban J connectivity index is 1.33. The van der Waals surface area contributed by atoms with Gasteiger partial charge in [0.25, 0.3) is 0 Å². The van der Waals surface area contributed by atoms with Gasteiger partial charge in [-0.15, -0.1) is 0 Å². The lowest BCUT2D eigenvalue weighted by Gasteiger charge is -2.24. The van der Waals surface area contributed by atoms with Gasteiger partial charge >= 0.3 is 0 Å². The smallest absolute Gasteiger partial charge is 0.165 e. The standard InChI is InChI=1S/C44H28N6/c1-44(2)36-19-11-9-17-29(36)31-21-22-32-30-18-10-12-20-37(30)50(40(32)39(31)44)38-24-23-33(34(25-45)35(38)26-46)43-48-41(27-13-5-3-6-14-27)47-42(49-43)28-15-7-4-8-16-28/h3-24H,1-2H3. The molecule has 0 saturated carbocycles. The number of nitriles is 2. The molecule has 0 radical (unpaired) electrons. The van der Waals surface area contributed by atoms with Gasteiger partial charge in [0, 0.05) is 32.9 Å². The Bertz CT molecular complexity index is 2690. The first kappa shape index (κ1) is 29.3. The minimum atomic E-state index is -0.297. The quantitative estimate of drug-likeness (QED) is 0.191. The molecule has 0 N–H and O–H groups in total. The van der Waals surface area contributed by atoms with Crippen LogP contribution in [-0.2, 0) is 5.41 Å². The second-order valence-electron chi connectivity index (χ2n) is 13.1. The number of rotatable bonds is 4. The van der Waals surface area contributed by atoms with Crippen molar-refractivity contribution in [3.05, 3.63) is 156 Å². The lowest BCUT2D eigenvalue weighted by Crippen LogP contribution is -2.16. The molecule has 0 saturated heterocycles. The summed E-state index contributed by atoms with van der Waals surface area (Å²) in [6.07, 6.45) is 0. The molecule has 6 heteroatoms. The number of benzene rings is 6. The van der Waals surface area contributed by atoms with Crippen molar-refractivity contribution < 1.29 is 0 Å². The van der Waals surface area contributed by atoms with Crippen molar-refractivity contribution in [2.45, 2.75) is 19.3 Å².